The standard InChI is InChI=1S/C15H25NO3S/c1-12-6-8-14(9-7-12)15(16-3)13(2)20(17,18)11-5-10-19-4/h6-9,13,15-16H,5,10-11H2,1-4H3. The SMILES string of the molecule is CNC(c1ccc(C)cc1)C(C)S(=O)(=O)CCCOC. The number of hydrogen-bond donors (Lipinski definition) is 1. The Morgan fingerprint density at radius 1 is 1.25 bits per heavy atom. The van der Waals surface area contributed by atoms with E-state index in [0.717, 1.165) is 5.56 Å². The Kier molecular flexibility index (Phi) is 6.65. The van der Waals surface area contributed by atoms with Gasteiger partial charge in [-0.25, -0.2) is 8.42 Å². The van der Waals surface area contributed by atoms with Gasteiger partial charge in [-0.15, -0.1) is 0 Å². The molecule has 2 atom stereocenters. The average Bonchev–Trinajstić information content (AvgIpc) is 2.41. The number of methoxy groups -OCH3 is 1. The molecule has 1 aromatic carbocycles. The van der Waals surface area contributed by atoms with Gasteiger partial charge in [-0.05, 0) is 32.9 Å². The van der Waals surface area contributed by atoms with Gasteiger partial charge in [-0.2, -0.15) is 0 Å². The topological polar surface area (TPSA) is 55.4 Å². The summed E-state index contributed by atoms with van der Waals surface area (Å²) in [6.45, 7) is 4.26. The second kappa shape index (κ2) is 7.76. The Labute approximate surface area is 122 Å². The van der Waals surface area contributed by atoms with Crippen molar-refractivity contribution in [1.29, 1.82) is 0 Å². The highest BCUT2D eigenvalue weighted by molar-refractivity contribution is 7.92. The number of aryl methyl sites for hydroxylation is 1. The van der Waals surface area contributed by atoms with E-state index in [1.165, 1.54) is 5.56 Å². The van der Waals surface area contributed by atoms with E-state index >= 15 is 0 Å². The molecule has 0 fully saturated rings. The van der Waals surface area contributed by atoms with Gasteiger partial charge in [0.15, 0.2) is 9.84 Å². The summed E-state index contributed by atoms with van der Waals surface area (Å²) >= 11 is 0. The Morgan fingerprint density at radius 2 is 1.85 bits per heavy atom. The molecule has 0 saturated carbocycles. The highest BCUT2D eigenvalue weighted by atomic mass is 32.2. The van der Waals surface area contributed by atoms with Gasteiger partial charge in [-0.1, -0.05) is 29.8 Å². The number of rotatable bonds is 8. The Morgan fingerprint density at radius 3 is 2.35 bits per heavy atom. The molecule has 0 bridgehead atoms. The Bertz CT molecular complexity index is 496. The van der Waals surface area contributed by atoms with Gasteiger partial charge < -0.3 is 10.1 Å². The number of ether oxygens (including phenoxy) is 1. The fourth-order valence-electron chi connectivity index (χ4n) is 2.24. The van der Waals surface area contributed by atoms with Crippen LogP contribution in [-0.4, -0.2) is 40.2 Å². The van der Waals surface area contributed by atoms with Crippen LogP contribution in [0.1, 0.15) is 30.5 Å². The number of nitrogens with one attached hydrogen (secondary N) is 1. The molecule has 0 aliphatic rings. The lowest BCUT2D eigenvalue weighted by Crippen LogP contribution is -2.35. The lowest BCUT2D eigenvalue weighted by atomic mass is 10.0. The van der Waals surface area contributed by atoms with Crippen molar-refractivity contribution >= 4 is 9.84 Å². The van der Waals surface area contributed by atoms with Gasteiger partial charge in [-0.3, -0.25) is 0 Å². The zero-order chi connectivity index (χ0) is 15.2. The molecule has 0 aliphatic heterocycles. The van der Waals surface area contributed by atoms with E-state index in [9.17, 15) is 8.42 Å². The van der Waals surface area contributed by atoms with Crippen molar-refractivity contribution in [3.8, 4) is 0 Å². The maximum atomic E-state index is 12.4. The normalized spacial score (nSPS) is 15.0. The summed E-state index contributed by atoms with van der Waals surface area (Å²) in [7, 11) is 0.235. The van der Waals surface area contributed by atoms with Gasteiger partial charge in [0, 0.05) is 19.8 Å². The smallest absolute Gasteiger partial charge is 0.154 e. The molecule has 0 saturated heterocycles. The minimum absolute atomic E-state index is 0.159. The minimum atomic E-state index is -3.14. The summed E-state index contributed by atoms with van der Waals surface area (Å²) < 4.78 is 29.6. The van der Waals surface area contributed by atoms with E-state index in [4.69, 9.17) is 4.74 Å². The molecule has 0 amide bonds. The van der Waals surface area contributed by atoms with Gasteiger partial charge in [0.1, 0.15) is 0 Å². The van der Waals surface area contributed by atoms with E-state index in [2.05, 4.69) is 5.32 Å². The van der Waals surface area contributed by atoms with Crippen LogP contribution in [0.25, 0.3) is 0 Å². The first-order valence-corrected chi connectivity index (χ1v) is 8.58. The van der Waals surface area contributed by atoms with Crippen molar-refractivity contribution in [2.45, 2.75) is 31.6 Å². The van der Waals surface area contributed by atoms with E-state index in [0.29, 0.717) is 13.0 Å². The molecule has 2 unspecified atom stereocenters. The van der Waals surface area contributed by atoms with E-state index in [-0.39, 0.29) is 11.8 Å². The van der Waals surface area contributed by atoms with Crippen molar-refractivity contribution in [3.05, 3.63) is 35.4 Å². The van der Waals surface area contributed by atoms with Crippen LogP contribution in [0.3, 0.4) is 0 Å². The fraction of sp³-hybridized carbons (Fsp3) is 0.600. The molecule has 1 rings (SSSR count). The predicted molar refractivity (Wildman–Crippen MR) is 82.7 cm³/mol. The molecular weight excluding hydrogens is 274 g/mol. The summed E-state index contributed by atoms with van der Waals surface area (Å²) in [6.07, 6.45) is 0.535. The van der Waals surface area contributed by atoms with Crippen molar-refractivity contribution in [1.82, 2.24) is 5.32 Å². The van der Waals surface area contributed by atoms with Gasteiger partial charge in [0.2, 0.25) is 0 Å². The molecule has 20 heavy (non-hydrogen) atoms. The summed E-state index contributed by atoms with van der Waals surface area (Å²) in [5.41, 5.74) is 2.17. The first-order valence-electron chi connectivity index (χ1n) is 6.86. The third kappa shape index (κ3) is 4.58. The van der Waals surface area contributed by atoms with Crippen LogP contribution < -0.4 is 5.32 Å². The molecule has 0 spiro atoms. The quantitative estimate of drug-likeness (QED) is 0.747. The molecular formula is C15H25NO3S. The lowest BCUT2D eigenvalue weighted by molar-refractivity contribution is 0.199. The van der Waals surface area contributed by atoms with Crippen LogP contribution in [0.15, 0.2) is 24.3 Å². The second-order valence-electron chi connectivity index (χ2n) is 5.10. The van der Waals surface area contributed by atoms with Crippen molar-refractivity contribution in [2.75, 3.05) is 26.5 Å². The third-order valence-electron chi connectivity index (χ3n) is 3.56. The number of sulfone groups is 1. The van der Waals surface area contributed by atoms with Crippen molar-refractivity contribution < 1.29 is 13.2 Å². The molecule has 0 aromatic heterocycles. The van der Waals surface area contributed by atoms with Gasteiger partial charge in [0.25, 0.3) is 0 Å². The van der Waals surface area contributed by atoms with Crippen LogP contribution in [0.2, 0.25) is 0 Å². The molecule has 0 aliphatic carbocycles. The summed E-state index contributed by atoms with van der Waals surface area (Å²) in [4.78, 5) is 0. The number of hydrogen-bond acceptors (Lipinski definition) is 4. The predicted octanol–water partition coefficient (Wildman–Crippen LogP) is 2.10. The Hall–Kier alpha value is -0.910. The molecule has 1 N–H and O–H groups in total. The van der Waals surface area contributed by atoms with Crippen LogP contribution >= 0.6 is 0 Å². The van der Waals surface area contributed by atoms with E-state index in [1.54, 1.807) is 21.1 Å². The average molecular weight is 299 g/mol. The fourth-order valence-corrected chi connectivity index (χ4v) is 3.84. The summed E-state index contributed by atoms with van der Waals surface area (Å²) in [5.74, 6) is 0.159. The third-order valence-corrected chi connectivity index (χ3v) is 5.82. The maximum absolute atomic E-state index is 12.4. The van der Waals surface area contributed by atoms with E-state index < -0.39 is 15.1 Å². The zero-order valence-electron chi connectivity index (χ0n) is 12.7. The van der Waals surface area contributed by atoms with E-state index in [1.807, 2.05) is 31.2 Å². The van der Waals surface area contributed by atoms with Crippen LogP contribution in [0.5, 0.6) is 0 Å². The first kappa shape index (κ1) is 17.1. The molecule has 114 valence electrons. The molecule has 0 radical (unpaired) electrons. The van der Waals surface area contributed by atoms with Crippen molar-refractivity contribution in [2.24, 2.45) is 0 Å². The maximum Gasteiger partial charge on any atom is 0.154 e. The highest BCUT2D eigenvalue weighted by Crippen LogP contribution is 2.23. The molecule has 4 nitrogen and oxygen atoms in total. The highest BCUT2D eigenvalue weighted by Gasteiger charge is 2.29. The van der Waals surface area contributed by atoms with Crippen LogP contribution in [0, 0.1) is 6.92 Å². The molecule has 5 heteroatoms. The largest absolute Gasteiger partial charge is 0.385 e. The first-order chi connectivity index (χ1) is 9.42. The minimum Gasteiger partial charge on any atom is -0.385 e. The zero-order valence-corrected chi connectivity index (χ0v) is 13.5. The lowest BCUT2D eigenvalue weighted by Gasteiger charge is -2.24. The van der Waals surface area contributed by atoms with Crippen LogP contribution in [-0.2, 0) is 14.6 Å². The number of benzene rings is 1. The summed E-state index contributed by atoms with van der Waals surface area (Å²) in [5, 5.41) is 2.66. The summed E-state index contributed by atoms with van der Waals surface area (Å²) in [6, 6.07) is 7.78. The van der Waals surface area contributed by atoms with Crippen LogP contribution in [0.4, 0.5) is 0 Å². The monoisotopic (exact) mass is 299 g/mol. The van der Waals surface area contributed by atoms with Gasteiger partial charge >= 0.3 is 0 Å². The second-order valence-corrected chi connectivity index (χ2v) is 7.57. The Balaban J connectivity index is 2.85. The van der Waals surface area contributed by atoms with Crippen molar-refractivity contribution in [3.63, 3.8) is 0 Å². The molecule has 0 heterocycles. The van der Waals surface area contributed by atoms with Gasteiger partial charge in [0.05, 0.1) is 11.0 Å². The molecule has 1 aromatic rings.